The quantitative estimate of drug-likeness (QED) is 0.802. The number of fused-ring (bicyclic) bond motifs is 3. The molecule has 2 aromatic heterocycles. The number of nitrogens with two attached hydrogens (primary N) is 1. The molecule has 0 amide bonds. The molecular formula is C11H10F3N3S. The lowest BCUT2D eigenvalue weighted by Crippen LogP contribution is -2.11. The van der Waals surface area contributed by atoms with Crippen LogP contribution in [0, 0.1) is 0 Å². The second-order valence-electron chi connectivity index (χ2n) is 4.32. The zero-order chi connectivity index (χ0) is 12.9. The number of hydrogen-bond donors (Lipinski definition) is 1. The number of thiophene rings is 1. The second kappa shape index (κ2) is 3.81. The fourth-order valence-corrected chi connectivity index (χ4v) is 3.66. The van der Waals surface area contributed by atoms with E-state index in [1.54, 1.807) is 0 Å². The van der Waals surface area contributed by atoms with Crippen LogP contribution in [0.4, 0.5) is 19.1 Å². The lowest BCUT2D eigenvalue weighted by Gasteiger charge is -2.10. The van der Waals surface area contributed by atoms with Crippen molar-refractivity contribution in [2.75, 3.05) is 5.73 Å². The average molecular weight is 273 g/mol. The smallest absolute Gasteiger partial charge is 0.368 e. The van der Waals surface area contributed by atoms with E-state index in [2.05, 4.69) is 9.97 Å². The van der Waals surface area contributed by atoms with Crippen LogP contribution in [0.25, 0.3) is 10.2 Å². The van der Waals surface area contributed by atoms with Crippen LogP contribution in [-0.4, -0.2) is 9.97 Å². The summed E-state index contributed by atoms with van der Waals surface area (Å²) in [7, 11) is 0. The number of alkyl halides is 3. The van der Waals surface area contributed by atoms with Gasteiger partial charge in [-0.25, -0.2) is 9.97 Å². The third kappa shape index (κ3) is 1.73. The lowest BCUT2D eigenvalue weighted by molar-refractivity contribution is -0.139. The molecule has 0 saturated carbocycles. The van der Waals surface area contributed by atoms with Gasteiger partial charge in [0, 0.05) is 4.88 Å². The first-order valence-corrected chi connectivity index (χ1v) is 6.43. The van der Waals surface area contributed by atoms with E-state index in [0.717, 1.165) is 47.5 Å². The van der Waals surface area contributed by atoms with E-state index >= 15 is 0 Å². The highest BCUT2D eigenvalue weighted by atomic mass is 32.1. The van der Waals surface area contributed by atoms with Gasteiger partial charge in [-0.2, -0.15) is 13.2 Å². The van der Waals surface area contributed by atoms with Crippen LogP contribution < -0.4 is 5.73 Å². The molecule has 1 aliphatic carbocycles. The average Bonchev–Trinajstić information content (AvgIpc) is 2.65. The molecule has 0 aromatic carbocycles. The number of nitrogen functional groups attached to an aromatic ring is 1. The molecule has 3 rings (SSSR count). The maximum Gasteiger partial charge on any atom is 0.434 e. The van der Waals surface area contributed by atoms with Crippen molar-refractivity contribution >= 4 is 27.5 Å². The number of hydrogen-bond acceptors (Lipinski definition) is 4. The number of halogens is 3. The van der Waals surface area contributed by atoms with Gasteiger partial charge in [-0.05, 0) is 31.2 Å². The largest absolute Gasteiger partial charge is 0.434 e. The third-order valence-corrected chi connectivity index (χ3v) is 4.37. The number of aromatic nitrogens is 2. The zero-order valence-electron chi connectivity index (χ0n) is 9.34. The van der Waals surface area contributed by atoms with E-state index in [9.17, 15) is 13.2 Å². The predicted octanol–water partition coefficient (Wildman–Crippen LogP) is 3.17. The summed E-state index contributed by atoms with van der Waals surface area (Å²) >= 11 is 1.16. The molecule has 0 saturated heterocycles. The lowest BCUT2D eigenvalue weighted by atomic mass is 9.98. The molecule has 2 heterocycles. The van der Waals surface area contributed by atoms with Crippen LogP contribution >= 0.6 is 11.3 Å². The summed E-state index contributed by atoms with van der Waals surface area (Å²) in [6.07, 6.45) is -0.867. The van der Waals surface area contributed by atoms with Gasteiger partial charge in [-0.1, -0.05) is 0 Å². The Bertz CT molecular complexity index is 618. The molecule has 2 N–H and O–H groups in total. The van der Waals surface area contributed by atoms with Gasteiger partial charge in [-0.15, -0.1) is 11.3 Å². The standard InChI is InChI=1S/C11H10F3N3S/c12-11(13,14)9-8-7(16-10(15)17-9)5-3-1-2-4-6(5)18-8/h1-4H2,(H2,15,16,17). The molecule has 0 radical (unpaired) electrons. The van der Waals surface area contributed by atoms with Crippen LogP contribution in [0.1, 0.15) is 29.0 Å². The minimum atomic E-state index is -4.48. The van der Waals surface area contributed by atoms with Crippen LogP contribution in [0.5, 0.6) is 0 Å². The van der Waals surface area contributed by atoms with Gasteiger partial charge < -0.3 is 5.73 Å². The van der Waals surface area contributed by atoms with E-state index in [4.69, 9.17) is 5.73 Å². The van der Waals surface area contributed by atoms with Crippen LogP contribution in [-0.2, 0) is 19.0 Å². The van der Waals surface area contributed by atoms with Crippen molar-refractivity contribution in [3.05, 3.63) is 16.1 Å². The summed E-state index contributed by atoms with van der Waals surface area (Å²) in [5.74, 6) is -0.305. The van der Waals surface area contributed by atoms with Gasteiger partial charge in [0.05, 0.1) is 10.2 Å². The van der Waals surface area contributed by atoms with Crippen LogP contribution in [0.15, 0.2) is 0 Å². The molecule has 0 fully saturated rings. The molecule has 96 valence electrons. The first kappa shape index (κ1) is 11.7. The van der Waals surface area contributed by atoms with E-state index in [-0.39, 0.29) is 10.6 Å². The summed E-state index contributed by atoms with van der Waals surface area (Å²) in [6, 6.07) is 0. The Morgan fingerprint density at radius 3 is 2.56 bits per heavy atom. The number of nitrogens with zero attached hydrogens (tertiary/aromatic N) is 2. The summed E-state index contributed by atoms with van der Waals surface area (Å²) < 4.78 is 38.9. The van der Waals surface area contributed by atoms with Crippen LogP contribution in [0.2, 0.25) is 0 Å². The molecule has 0 bridgehead atoms. The predicted molar refractivity (Wildman–Crippen MR) is 63.5 cm³/mol. The van der Waals surface area contributed by atoms with Gasteiger partial charge in [0.25, 0.3) is 0 Å². The maximum atomic E-state index is 12.9. The van der Waals surface area contributed by atoms with Gasteiger partial charge in [0.1, 0.15) is 0 Å². The Labute approximate surface area is 105 Å². The van der Waals surface area contributed by atoms with Crippen LogP contribution in [0.3, 0.4) is 0 Å². The van der Waals surface area contributed by atoms with Crippen molar-refractivity contribution < 1.29 is 13.2 Å². The summed E-state index contributed by atoms with van der Waals surface area (Å²) in [5.41, 5.74) is 5.83. The summed E-state index contributed by atoms with van der Waals surface area (Å²) in [4.78, 5) is 8.37. The number of anilines is 1. The minimum absolute atomic E-state index is 0.128. The Morgan fingerprint density at radius 2 is 1.83 bits per heavy atom. The zero-order valence-corrected chi connectivity index (χ0v) is 10.2. The van der Waals surface area contributed by atoms with Crippen molar-refractivity contribution in [3.63, 3.8) is 0 Å². The molecule has 0 aliphatic heterocycles. The van der Waals surface area contributed by atoms with Gasteiger partial charge in [0.2, 0.25) is 5.95 Å². The van der Waals surface area contributed by atoms with Gasteiger partial charge in [-0.3, -0.25) is 0 Å². The first-order chi connectivity index (χ1) is 8.47. The van der Waals surface area contributed by atoms with Crippen molar-refractivity contribution in [3.8, 4) is 0 Å². The third-order valence-electron chi connectivity index (χ3n) is 3.08. The highest BCUT2D eigenvalue weighted by Crippen LogP contribution is 2.41. The van der Waals surface area contributed by atoms with E-state index in [1.165, 1.54) is 0 Å². The van der Waals surface area contributed by atoms with Gasteiger partial charge >= 0.3 is 6.18 Å². The number of aryl methyl sites for hydroxylation is 2. The van der Waals surface area contributed by atoms with Crippen molar-refractivity contribution in [2.45, 2.75) is 31.9 Å². The van der Waals surface area contributed by atoms with E-state index in [1.807, 2.05) is 0 Å². The Morgan fingerprint density at radius 1 is 1.11 bits per heavy atom. The molecule has 7 heteroatoms. The van der Waals surface area contributed by atoms with E-state index in [0.29, 0.717) is 5.52 Å². The minimum Gasteiger partial charge on any atom is -0.368 e. The maximum absolute atomic E-state index is 12.9. The molecular weight excluding hydrogens is 263 g/mol. The monoisotopic (exact) mass is 273 g/mol. The summed E-state index contributed by atoms with van der Waals surface area (Å²) in [5, 5.41) is 0. The SMILES string of the molecule is Nc1nc(C(F)(F)F)c2sc3c(c2n1)CCCC3. The van der Waals surface area contributed by atoms with Gasteiger partial charge in [0.15, 0.2) is 5.69 Å². The Hall–Kier alpha value is -1.37. The fraction of sp³-hybridized carbons (Fsp3) is 0.455. The second-order valence-corrected chi connectivity index (χ2v) is 5.42. The molecule has 2 aromatic rings. The molecule has 0 spiro atoms. The van der Waals surface area contributed by atoms with Crippen molar-refractivity contribution in [1.29, 1.82) is 0 Å². The molecule has 0 unspecified atom stereocenters. The Balaban J connectivity index is 2.34. The molecule has 1 aliphatic rings. The number of rotatable bonds is 0. The fourth-order valence-electron chi connectivity index (χ4n) is 2.33. The molecule has 18 heavy (non-hydrogen) atoms. The topological polar surface area (TPSA) is 51.8 Å². The highest BCUT2D eigenvalue weighted by Gasteiger charge is 2.37. The first-order valence-electron chi connectivity index (χ1n) is 5.62. The molecule has 0 atom stereocenters. The van der Waals surface area contributed by atoms with E-state index < -0.39 is 11.9 Å². The summed E-state index contributed by atoms with van der Waals surface area (Å²) in [6.45, 7) is 0. The van der Waals surface area contributed by atoms with Crippen molar-refractivity contribution in [2.24, 2.45) is 0 Å². The highest BCUT2D eigenvalue weighted by molar-refractivity contribution is 7.19. The normalized spacial score (nSPS) is 15.9. The Kier molecular flexibility index (Phi) is 2.48. The van der Waals surface area contributed by atoms with Crippen molar-refractivity contribution in [1.82, 2.24) is 9.97 Å². The molecule has 3 nitrogen and oxygen atoms in total.